The number of aromatic nitrogens is 2. The van der Waals surface area contributed by atoms with Gasteiger partial charge in [-0.3, -0.25) is 14.8 Å². The molecule has 43 heavy (non-hydrogen) atoms. The lowest BCUT2D eigenvalue weighted by atomic mass is 9.99. The van der Waals surface area contributed by atoms with Gasteiger partial charge in [0.2, 0.25) is 5.91 Å². The standard InChI is InChI=1S/C33H36FN5O4/c1-23-9-15-39(16-10-23)14-3-17-42-32-21-28-26(20-31(32)41-2)29(8-13-36-28)43-30-5-4-25(18-27(30)34)19-33(40)38-37-22-24-6-11-35-12-7-24/h4-8,11-13,18,20-23H,3,9-10,14-17,19H2,1-2H3,(H,38,40)/b37-22+. The van der Waals surface area contributed by atoms with Crippen LogP contribution in [0.5, 0.6) is 23.0 Å². The van der Waals surface area contributed by atoms with E-state index < -0.39 is 5.82 Å². The van der Waals surface area contributed by atoms with Crippen LogP contribution < -0.4 is 19.6 Å². The zero-order chi connectivity index (χ0) is 30.0. The number of methoxy groups -OCH3 is 1. The van der Waals surface area contributed by atoms with Gasteiger partial charge in [0.15, 0.2) is 23.1 Å². The van der Waals surface area contributed by atoms with E-state index in [0.29, 0.717) is 40.3 Å². The molecule has 1 fully saturated rings. The molecule has 5 rings (SSSR count). The molecule has 0 spiro atoms. The van der Waals surface area contributed by atoms with Crippen LogP contribution in [-0.4, -0.2) is 60.3 Å². The summed E-state index contributed by atoms with van der Waals surface area (Å²) in [6.45, 7) is 6.18. The Labute approximate surface area is 250 Å². The molecule has 3 heterocycles. The van der Waals surface area contributed by atoms with Crippen LogP contribution in [0.2, 0.25) is 0 Å². The highest BCUT2D eigenvalue weighted by Crippen LogP contribution is 2.37. The van der Waals surface area contributed by atoms with Crippen molar-refractivity contribution in [1.82, 2.24) is 20.3 Å². The number of nitrogens with one attached hydrogen (secondary N) is 1. The fourth-order valence-electron chi connectivity index (χ4n) is 4.95. The number of fused-ring (bicyclic) bond motifs is 1. The molecule has 1 aliphatic heterocycles. The highest BCUT2D eigenvalue weighted by atomic mass is 19.1. The van der Waals surface area contributed by atoms with E-state index >= 15 is 4.39 Å². The van der Waals surface area contributed by atoms with Gasteiger partial charge >= 0.3 is 0 Å². The number of carbonyl (C=O) groups is 1. The Morgan fingerprint density at radius 1 is 1.05 bits per heavy atom. The van der Waals surface area contributed by atoms with E-state index in [0.717, 1.165) is 37.5 Å². The Hall–Kier alpha value is -4.57. The lowest BCUT2D eigenvalue weighted by molar-refractivity contribution is -0.120. The summed E-state index contributed by atoms with van der Waals surface area (Å²) < 4.78 is 32.7. The molecule has 1 N–H and O–H groups in total. The first-order valence-corrected chi connectivity index (χ1v) is 14.5. The van der Waals surface area contributed by atoms with Crippen molar-refractivity contribution in [1.29, 1.82) is 0 Å². The van der Waals surface area contributed by atoms with Gasteiger partial charge < -0.3 is 19.1 Å². The van der Waals surface area contributed by atoms with Crippen LogP contribution in [0, 0.1) is 11.7 Å². The summed E-state index contributed by atoms with van der Waals surface area (Å²) in [5.74, 6) is 1.45. The van der Waals surface area contributed by atoms with Crippen LogP contribution in [0.25, 0.3) is 10.9 Å². The number of hydrazone groups is 1. The molecule has 0 bridgehead atoms. The maximum atomic E-state index is 15.0. The average Bonchev–Trinajstić information content (AvgIpc) is 3.01. The Kier molecular flexibility index (Phi) is 10.1. The minimum atomic E-state index is -0.592. The summed E-state index contributed by atoms with van der Waals surface area (Å²) in [6, 6.07) is 13.2. The normalized spacial score (nSPS) is 14.2. The van der Waals surface area contributed by atoms with E-state index in [1.54, 1.807) is 56.0 Å². The number of likely N-dealkylation sites (tertiary alicyclic amines) is 1. The van der Waals surface area contributed by atoms with E-state index in [-0.39, 0.29) is 18.1 Å². The molecule has 1 saturated heterocycles. The molecule has 9 nitrogen and oxygen atoms in total. The number of nitrogens with zero attached hydrogens (tertiary/aromatic N) is 4. The van der Waals surface area contributed by atoms with Crippen LogP contribution in [0.4, 0.5) is 4.39 Å². The van der Waals surface area contributed by atoms with Crippen molar-refractivity contribution < 1.29 is 23.4 Å². The van der Waals surface area contributed by atoms with Crippen molar-refractivity contribution in [3.8, 4) is 23.0 Å². The van der Waals surface area contributed by atoms with Crippen molar-refractivity contribution in [2.24, 2.45) is 11.0 Å². The first kappa shape index (κ1) is 29.9. The number of carbonyl (C=O) groups excluding carboxylic acids is 1. The zero-order valence-corrected chi connectivity index (χ0v) is 24.5. The van der Waals surface area contributed by atoms with Crippen LogP contribution in [0.15, 0.2) is 72.2 Å². The maximum Gasteiger partial charge on any atom is 0.244 e. The van der Waals surface area contributed by atoms with E-state index in [9.17, 15) is 4.79 Å². The van der Waals surface area contributed by atoms with Crippen molar-refractivity contribution in [2.75, 3.05) is 33.4 Å². The van der Waals surface area contributed by atoms with Crippen molar-refractivity contribution >= 4 is 23.0 Å². The lowest BCUT2D eigenvalue weighted by Crippen LogP contribution is -2.34. The number of benzene rings is 2. The summed E-state index contributed by atoms with van der Waals surface area (Å²) in [4.78, 5) is 23.2. The number of ether oxygens (including phenoxy) is 3. The number of hydrogen-bond donors (Lipinski definition) is 1. The third-order valence-corrected chi connectivity index (χ3v) is 7.43. The molecule has 2 aromatic carbocycles. The monoisotopic (exact) mass is 585 g/mol. The summed E-state index contributed by atoms with van der Waals surface area (Å²) in [5, 5.41) is 4.58. The molecule has 0 saturated carbocycles. The molecule has 0 atom stereocenters. The molecular formula is C33H36FN5O4. The van der Waals surface area contributed by atoms with Crippen LogP contribution in [0.3, 0.4) is 0 Å². The number of hydrogen-bond acceptors (Lipinski definition) is 8. The van der Waals surface area contributed by atoms with Gasteiger partial charge in [-0.2, -0.15) is 5.10 Å². The van der Waals surface area contributed by atoms with Gasteiger partial charge in [-0.1, -0.05) is 13.0 Å². The quantitative estimate of drug-likeness (QED) is 0.128. The lowest BCUT2D eigenvalue weighted by Gasteiger charge is -2.30. The molecule has 0 unspecified atom stereocenters. The molecule has 10 heteroatoms. The number of halogens is 1. The predicted molar refractivity (Wildman–Crippen MR) is 163 cm³/mol. The molecule has 0 aliphatic carbocycles. The van der Waals surface area contributed by atoms with Gasteiger partial charge in [-0.05, 0) is 85.8 Å². The average molecular weight is 586 g/mol. The fraction of sp³-hybridized carbons (Fsp3) is 0.333. The van der Waals surface area contributed by atoms with Crippen LogP contribution >= 0.6 is 0 Å². The fourth-order valence-corrected chi connectivity index (χ4v) is 4.95. The predicted octanol–water partition coefficient (Wildman–Crippen LogP) is 5.76. The second kappa shape index (κ2) is 14.6. The van der Waals surface area contributed by atoms with Gasteiger partial charge in [-0.15, -0.1) is 0 Å². The van der Waals surface area contributed by atoms with Crippen molar-refractivity contribution in [2.45, 2.75) is 32.6 Å². The molecule has 224 valence electrons. The SMILES string of the molecule is COc1cc2c(Oc3ccc(CC(=O)N/N=C/c4ccncc4)cc3F)ccnc2cc1OCCCN1CCC(C)CC1. The van der Waals surface area contributed by atoms with E-state index in [2.05, 4.69) is 32.3 Å². The molecule has 1 amide bonds. The Morgan fingerprint density at radius 2 is 1.86 bits per heavy atom. The number of pyridine rings is 2. The number of piperidine rings is 1. The Morgan fingerprint density at radius 3 is 2.63 bits per heavy atom. The smallest absolute Gasteiger partial charge is 0.244 e. The van der Waals surface area contributed by atoms with Crippen molar-refractivity contribution in [3.63, 3.8) is 0 Å². The molecule has 2 aromatic heterocycles. The zero-order valence-electron chi connectivity index (χ0n) is 24.5. The third-order valence-electron chi connectivity index (χ3n) is 7.43. The van der Waals surface area contributed by atoms with Crippen molar-refractivity contribution in [3.05, 3.63) is 84.1 Å². The first-order chi connectivity index (χ1) is 21.0. The van der Waals surface area contributed by atoms with Crippen LogP contribution in [0.1, 0.15) is 37.3 Å². The van der Waals surface area contributed by atoms with Gasteiger partial charge in [0.05, 0.1) is 31.9 Å². The number of rotatable bonds is 12. The summed E-state index contributed by atoms with van der Waals surface area (Å²) in [7, 11) is 1.58. The van der Waals surface area contributed by atoms with Gasteiger partial charge in [0, 0.05) is 36.6 Å². The van der Waals surface area contributed by atoms with E-state index in [1.807, 2.05) is 6.07 Å². The maximum absolute atomic E-state index is 15.0. The minimum absolute atomic E-state index is 0.0266. The van der Waals surface area contributed by atoms with Gasteiger partial charge in [0.1, 0.15) is 5.75 Å². The number of amides is 1. The summed E-state index contributed by atoms with van der Waals surface area (Å²) >= 11 is 0. The second-order valence-corrected chi connectivity index (χ2v) is 10.7. The third kappa shape index (κ3) is 8.26. The topological polar surface area (TPSA) is 98.2 Å². The first-order valence-electron chi connectivity index (χ1n) is 14.5. The largest absolute Gasteiger partial charge is 0.493 e. The molecular weight excluding hydrogens is 549 g/mol. The van der Waals surface area contributed by atoms with E-state index in [4.69, 9.17) is 14.2 Å². The summed E-state index contributed by atoms with van der Waals surface area (Å²) in [5.41, 5.74) is 4.37. The highest BCUT2D eigenvalue weighted by molar-refractivity contribution is 5.88. The molecule has 4 aromatic rings. The van der Waals surface area contributed by atoms with Gasteiger partial charge in [-0.25, -0.2) is 9.82 Å². The van der Waals surface area contributed by atoms with Crippen LogP contribution in [-0.2, 0) is 11.2 Å². The Balaban J connectivity index is 1.20. The molecule has 1 aliphatic rings. The summed E-state index contributed by atoms with van der Waals surface area (Å²) in [6.07, 6.45) is 9.76. The van der Waals surface area contributed by atoms with Gasteiger partial charge in [0.25, 0.3) is 0 Å². The molecule has 0 radical (unpaired) electrons. The Bertz CT molecular complexity index is 1560. The van der Waals surface area contributed by atoms with E-state index in [1.165, 1.54) is 31.2 Å². The second-order valence-electron chi connectivity index (χ2n) is 10.7. The minimum Gasteiger partial charge on any atom is -0.493 e. The highest BCUT2D eigenvalue weighted by Gasteiger charge is 2.17.